The minimum atomic E-state index is 0.422. The van der Waals surface area contributed by atoms with Crippen LogP contribution in [0, 0.1) is 5.92 Å². The molecule has 1 atom stereocenters. The molecule has 2 nitrogen and oxygen atoms in total. The second-order valence-electron chi connectivity index (χ2n) is 4.74. The topological polar surface area (TPSA) is 21.3 Å². The van der Waals surface area contributed by atoms with Gasteiger partial charge in [0.15, 0.2) is 0 Å². The Morgan fingerprint density at radius 2 is 1.94 bits per heavy atom. The van der Waals surface area contributed by atoms with Crippen molar-refractivity contribution in [2.24, 2.45) is 5.92 Å². The Labute approximate surface area is 112 Å². The van der Waals surface area contributed by atoms with Crippen molar-refractivity contribution in [3.63, 3.8) is 0 Å². The van der Waals surface area contributed by atoms with E-state index < -0.39 is 0 Å². The normalized spacial score (nSPS) is 19.2. The van der Waals surface area contributed by atoms with E-state index in [0.29, 0.717) is 6.04 Å². The molecule has 0 aliphatic carbocycles. The van der Waals surface area contributed by atoms with Crippen LogP contribution in [0.5, 0.6) is 0 Å². The number of nitrogens with one attached hydrogen (secondary N) is 1. The van der Waals surface area contributed by atoms with E-state index in [4.69, 9.17) is 4.74 Å². The van der Waals surface area contributed by atoms with Crippen molar-refractivity contribution in [2.45, 2.75) is 25.8 Å². The molecule has 1 aliphatic rings. The van der Waals surface area contributed by atoms with Gasteiger partial charge in [-0.05, 0) is 49.9 Å². The molecule has 1 N–H and O–H groups in total. The van der Waals surface area contributed by atoms with Crippen LogP contribution >= 0.6 is 15.9 Å². The van der Waals surface area contributed by atoms with Crippen molar-refractivity contribution in [1.29, 1.82) is 0 Å². The van der Waals surface area contributed by atoms with Crippen molar-refractivity contribution in [1.82, 2.24) is 5.32 Å². The second kappa shape index (κ2) is 6.53. The highest BCUT2D eigenvalue weighted by Crippen LogP contribution is 2.18. The van der Waals surface area contributed by atoms with Crippen LogP contribution in [0.3, 0.4) is 0 Å². The molecule has 0 saturated carbocycles. The van der Waals surface area contributed by atoms with Crippen LogP contribution in [0.1, 0.15) is 31.4 Å². The van der Waals surface area contributed by atoms with Crippen molar-refractivity contribution in [3.05, 3.63) is 34.3 Å². The molecule has 94 valence electrons. The lowest BCUT2D eigenvalue weighted by Crippen LogP contribution is -2.29. The number of rotatable bonds is 4. The van der Waals surface area contributed by atoms with Gasteiger partial charge in [0.05, 0.1) is 0 Å². The van der Waals surface area contributed by atoms with E-state index in [1.807, 2.05) is 0 Å². The fourth-order valence-corrected chi connectivity index (χ4v) is 2.43. The van der Waals surface area contributed by atoms with Crippen LogP contribution in [-0.4, -0.2) is 19.8 Å². The molecule has 3 heteroatoms. The summed E-state index contributed by atoms with van der Waals surface area (Å²) in [6.45, 7) is 5.18. The number of ether oxygens (including phenoxy) is 1. The van der Waals surface area contributed by atoms with Crippen LogP contribution in [0.15, 0.2) is 28.7 Å². The summed E-state index contributed by atoms with van der Waals surface area (Å²) < 4.78 is 6.51. The Balaban J connectivity index is 1.80. The molecule has 17 heavy (non-hydrogen) atoms. The zero-order chi connectivity index (χ0) is 12.1. The minimum absolute atomic E-state index is 0.422. The smallest absolute Gasteiger partial charge is 0.0469 e. The Hall–Kier alpha value is -0.380. The Morgan fingerprint density at radius 1 is 1.29 bits per heavy atom. The van der Waals surface area contributed by atoms with E-state index in [1.165, 1.54) is 18.4 Å². The fourth-order valence-electron chi connectivity index (χ4n) is 2.16. The van der Waals surface area contributed by atoms with Gasteiger partial charge in [-0.25, -0.2) is 0 Å². The molecule has 0 spiro atoms. The molecule has 0 aromatic heterocycles. The van der Waals surface area contributed by atoms with Gasteiger partial charge < -0.3 is 10.1 Å². The van der Waals surface area contributed by atoms with Crippen molar-refractivity contribution >= 4 is 15.9 Å². The third-order valence-corrected chi connectivity index (χ3v) is 3.95. The summed E-state index contributed by atoms with van der Waals surface area (Å²) in [5.74, 6) is 0.779. The lowest BCUT2D eigenvalue weighted by molar-refractivity contribution is 0.0656. The van der Waals surface area contributed by atoms with E-state index in [-0.39, 0.29) is 0 Å². The van der Waals surface area contributed by atoms with Gasteiger partial charge in [0, 0.05) is 23.7 Å². The quantitative estimate of drug-likeness (QED) is 0.918. The average molecular weight is 298 g/mol. The Morgan fingerprint density at radius 3 is 2.59 bits per heavy atom. The van der Waals surface area contributed by atoms with Gasteiger partial charge in [0.25, 0.3) is 0 Å². The molecule has 0 amide bonds. The molecule has 1 saturated heterocycles. The standard InChI is InChI=1S/C14H20BrNO/c1-11(13-2-4-14(15)5-3-13)16-10-12-6-8-17-9-7-12/h2-5,11-12,16H,6-10H2,1H3/t11-/m0/s1. The van der Waals surface area contributed by atoms with Crippen LogP contribution in [0.2, 0.25) is 0 Å². The zero-order valence-corrected chi connectivity index (χ0v) is 11.9. The fraction of sp³-hybridized carbons (Fsp3) is 0.571. The van der Waals surface area contributed by atoms with E-state index in [9.17, 15) is 0 Å². The summed E-state index contributed by atoms with van der Waals surface area (Å²) in [7, 11) is 0. The average Bonchev–Trinajstić information content (AvgIpc) is 2.38. The molecule has 0 unspecified atom stereocenters. The summed E-state index contributed by atoms with van der Waals surface area (Å²) in [5.41, 5.74) is 1.35. The first-order valence-electron chi connectivity index (χ1n) is 6.32. The largest absolute Gasteiger partial charge is 0.381 e. The van der Waals surface area contributed by atoms with Gasteiger partial charge in [0.1, 0.15) is 0 Å². The maximum Gasteiger partial charge on any atom is 0.0469 e. The Kier molecular flexibility index (Phi) is 5.01. The summed E-state index contributed by atoms with van der Waals surface area (Å²) in [4.78, 5) is 0. The first kappa shape index (κ1) is 13.1. The van der Waals surface area contributed by atoms with Gasteiger partial charge in [-0.2, -0.15) is 0 Å². The van der Waals surface area contributed by atoms with Crippen LogP contribution in [-0.2, 0) is 4.74 Å². The van der Waals surface area contributed by atoms with E-state index in [1.54, 1.807) is 0 Å². The highest BCUT2D eigenvalue weighted by atomic mass is 79.9. The molecule has 1 aromatic rings. The van der Waals surface area contributed by atoms with Crippen LogP contribution in [0.25, 0.3) is 0 Å². The maximum absolute atomic E-state index is 5.37. The summed E-state index contributed by atoms with van der Waals surface area (Å²) in [5, 5.41) is 3.62. The second-order valence-corrected chi connectivity index (χ2v) is 5.65. The van der Waals surface area contributed by atoms with Gasteiger partial charge in [-0.3, -0.25) is 0 Å². The molecular formula is C14H20BrNO. The molecule has 1 fully saturated rings. The summed E-state index contributed by atoms with van der Waals surface area (Å²) >= 11 is 3.46. The summed E-state index contributed by atoms with van der Waals surface area (Å²) in [6, 6.07) is 8.97. The van der Waals surface area contributed by atoms with Gasteiger partial charge in [0.2, 0.25) is 0 Å². The predicted molar refractivity (Wildman–Crippen MR) is 74.1 cm³/mol. The number of benzene rings is 1. The van der Waals surface area contributed by atoms with Gasteiger partial charge in [-0.15, -0.1) is 0 Å². The van der Waals surface area contributed by atoms with Crippen molar-refractivity contribution in [3.8, 4) is 0 Å². The molecule has 1 heterocycles. The van der Waals surface area contributed by atoms with Crippen LogP contribution < -0.4 is 5.32 Å². The number of hydrogen-bond acceptors (Lipinski definition) is 2. The van der Waals surface area contributed by atoms with E-state index in [0.717, 1.165) is 30.1 Å². The first-order chi connectivity index (χ1) is 8.25. The van der Waals surface area contributed by atoms with Crippen molar-refractivity contribution < 1.29 is 4.74 Å². The van der Waals surface area contributed by atoms with E-state index >= 15 is 0 Å². The first-order valence-corrected chi connectivity index (χ1v) is 7.11. The number of halogens is 1. The third kappa shape index (κ3) is 4.09. The highest BCUT2D eigenvalue weighted by molar-refractivity contribution is 9.10. The lowest BCUT2D eigenvalue weighted by Gasteiger charge is -2.24. The molecule has 2 rings (SSSR count). The SMILES string of the molecule is C[C@H](NCC1CCOCC1)c1ccc(Br)cc1. The zero-order valence-electron chi connectivity index (χ0n) is 10.3. The minimum Gasteiger partial charge on any atom is -0.381 e. The van der Waals surface area contributed by atoms with Gasteiger partial charge >= 0.3 is 0 Å². The molecule has 0 bridgehead atoms. The monoisotopic (exact) mass is 297 g/mol. The lowest BCUT2D eigenvalue weighted by atomic mass is 9.99. The molecule has 1 aliphatic heterocycles. The van der Waals surface area contributed by atoms with Crippen LogP contribution in [0.4, 0.5) is 0 Å². The maximum atomic E-state index is 5.37. The van der Waals surface area contributed by atoms with E-state index in [2.05, 4.69) is 52.4 Å². The van der Waals surface area contributed by atoms with Crippen molar-refractivity contribution in [2.75, 3.05) is 19.8 Å². The Bertz CT molecular complexity index is 333. The third-order valence-electron chi connectivity index (χ3n) is 3.42. The molecular weight excluding hydrogens is 278 g/mol. The molecule has 0 radical (unpaired) electrons. The predicted octanol–water partition coefficient (Wildman–Crippen LogP) is 3.53. The van der Waals surface area contributed by atoms with Gasteiger partial charge in [-0.1, -0.05) is 28.1 Å². The number of hydrogen-bond donors (Lipinski definition) is 1. The highest BCUT2D eigenvalue weighted by Gasteiger charge is 2.14. The molecule has 1 aromatic carbocycles. The summed E-state index contributed by atoms with van der Waals surface area (Å²) in [6.07, 6.45) is 2.39.